The zero-order chi connectivity index (χ0) is 15.6. The second kappa shape index (κ2) is 6.12. The molecule has 0 aliphatic rings. The number of Topliss-reactive ketones (excluding diaryl/α,β-unsaturated/α-hetero) is 1. The number of hydrogen-bond acceptors (Lipinski definition) is 3. The SMILES string of the molecule is Cc1ccc(C(=O)CS(=O)(=O)c2ccccc2Br)c(C)c1. The fraction of sp³-hybridized carbons (Fsp3) is 0.188. The largest absolute Gasteiger partial charge is 0.293 e. The Bertz CT molecular complexity index is 795. The summed E-state index contributed by atoms with van der Waals surface area (Å²) >= 11 is 3.21. The molecule has 0 unspecified atom stereocenters. The Kier molecular flexibility index (Phi) is 4.64. The number of rotatable bonds is 4. The van der Waals surface area contributed by atoms with Gasteiger partial charge in [0.2, 0.25) is 0 Å². The molecule has 2 aromatic carbocycles. The number of carbonyl (C=O) groups excluding carboxylic acids is 1. The summed E-state index contributed by atoms with van der Waals surface area (Å²) in [5.41, 5.74) is 2.29. The molecule has 110 valence electrons. The van der Waals surface area contributed by atoms with Crippen molar-refractivity contribution in [2.75, 3.05) is 5.75 Å². The van der Waals surface area contributed by atoms with Crippen molar-refractivity contribution in [3.05, 3.63) is 63.6 Å². The summed E-state index contributed by atoms with van der Waals surface area (Å²) in [4.78, 5) is 12.4. The molecule has 5 heteroatoms. The summed E-state index contributed by atoms with van der Waals surface area (Å²) in [7, 11) is -3.66. The lowest BCUT2D eigenvalue weighted by Crippen LogP contribution is -2.17. The maximum Gasteiger partial charge on any atom is 0.186 e. The summed E-state index contributed by atoms with van der Waals surface area (Å²) < 4.78 is 25.2. The normalized spacial score (nSPS) is 11.4. The molecule has 0 saturated carbocycles. The fourth-order valence-corrected chi connectivity index (χ4v) is 4.48. The average molecular weight is 367 g/mol. The molecular weight excluding hydrogens is 352 g/mol. The van der Waals surface area contributed by atoms with Crippen LogP contribution in [0.5, 0.6) is 0 Å². The van der Waals surface area contributed by atoms with Gasteiger partial charge in [0.15, 0.2) is 15.6 Å². The van der Waals surface area contributed by atoms with E-state index in [0.717, 1.165) is 11.1 Å². The molecule has 0 radical (unpaired) electrons. The molecule has 0 heterocycles. The Balaban J connectivity index is 2.33. The molecular formula is C16H15BrO3S. The van der Waals surface area contributed by atoms with Crippen molar-refractivity contribution in [3.8, 4) is 0 Å². The molecule has 0 amide bonds. The molecule has 2 aromatic rings. The summed E-state index contributed by atoms with van der Waals surface area (Å²) in [5, 5.41) is 0. The Morgan fingerprint density at radius 1 is 1.10 bits per heavy atom. The molecule has 0 spiro atoms. The van der Waals surface area contributed by atoms with Crippen LogP contribution in [0.3, 0.4) is 0 Å². The molecule has 0 bridgehead atoms. The van der Waals surface area contributed by atoms with Crippen LogP contribution < -0.4 is 0 Å². The van der Waals surface area contributed by atoms with Crippen molar-refractivity contribution < 1.29 is 13.2 Å². The van der Waals surface area contributed by atoms with Gasteiger partial charge >= 0.3 is 0 Å². The van der Waals surface area contributed by atoms with Crippen LogP contribution in [0.4, 0.5) is 0 Å². The molecule has 0 aliphatic heterocycles. The van der Waals surface area contributed by atoms with Crippen molar-refractivity contribution in [2.24, 2.45) is 0 Å². The molecule has 3 nitrogen and oxygen atoms in total. The molecule has 0 aliphatic carbocycles. The van der Waals surface area contributed by atoms with Gasteiger partial charge in [0.1, 0.15) is 5.75 Å². The van der Waals surface area contributed by atoms with Crippen LogP contribution in [0.1, 0.15) is 21.5 Å². The van der Waals surface area contributed by atoms with E-state index in [4.69, 9.17) is 0 Å². The van der Waals surface area contributed by atoms with Gasteiger partial charge in [-0.05, 0) is 47.5 Å². The van der Waals surface area contributed by atoms with E-state index < -0.39 is 15.6 Å². The highest BCUT2D eigenvalue weighted by Gasteiger charge is 2.23. The van der Waals surface area contributed by atoms with Crippen LogP contribution in [0, 0.1) is 13.8 Å². The van der Waals surface area contributed by atoms with Gasteiger partial charge in [-0.15, -0.1) is 0 Å². The van der Waals surface area contributed by atoms with Crippen LogP contribution in [0.15, 0.2) is 51.8 Å². The van der Waals surface area contributed by atoms with Gasteiger partial charge in [0.05, 0.1) is 4.90 Å². The third-order valence-electron chi connectivity index (χ3n) is 3.18. The second-order valence-electron chi connectivity index (χ2n) is 4.93. The summed E-state index contributed by atoms with van der Waals surface area (Å²) in [6.07, 6.45) is 0. The minimum Gasteiger partial charge on any atom is -0.293 e. The lowest BCUT2D eigenvalue weighted by molar-refractivity contribution is 0.102. The monoisotopic (exact) mass is 366 g/mol. The smallest absolute Gasteiger partial charge is 0.186 e. The predicted molar refractivity (Wildman–Crippen MR) is 86.4 cm³/mol. The first-order valence-corrected chi connectivity index (χ1v) is 8.83. The molecule has 2 rings (SSSR count). The Hall–Kier alpha value is -1.46. The summed E-state index contributed by atoms with van der Waals surface area (Å²) in [6, 6.07) is 11.9. The van der Waals surface area contributed by atoms with Gasteiger partial charge in [0.25, 0.3) is 0 Å². The van der Waals surface area contributed by atoms with Crippen LogP contribution >= 0.6 is 15.9 Å². The zero-order valence-corrected chi connectivity index (χ0v) is 14.2. The standard InChI is InChI=1S/C16H15BrO3S/c1-11-7-8-13(12(2)9-11)15(18)10-21(19,20)16-6-4-3-5-14(16)17/h3-9H,10H2,1-2H3. The average Bonchev–Trinajstić information content (AvgIpc) is 2.38. The van der Waals surface area contributed by atoms with E-state index in [1.807, 2.05) is 26.0 Å². The summed E-state index contributed by atoms with van der Waals surface area (Å²) in [6.45, 7) is 3.74. The van der Waals surface area contributed by atoms with Crippen molar-refractivity contribution in [2.45, 2.75) is 18.7 Å². The van der Waals surface area contributed by atoms with E-state index in [1.54, 1.807) is 24.3 Å². The van der Waals surface area contributed by atoms with E-state index >= 15 is 0 Å². The van der Waals surface area contributed by atoms with Crippen LogP contribution in [-0.4, -0.2) is 20.0 Å². The van der Waals surface area contributed by atoms with Crippen molar-refractivity contribution >= 4 is 31.6 Å². The maximum absolute atomic E-state index is 12.4. The molecule has 0 atom stereocenters. The van der Waals surface area contributed by atoms with E-state index in [2.05, 4.69) is 15.9 Å². The van der Waals surface area contributed by atoms with E-state index in [0.29, 0.717) is 10.0 Å². The highest BCUT2D eigenvalue weighted by Crippen LogP contribution is 2.23. The van der Waals surface area contributed by atoms with Crippen molar-refractivity contribution in [1.29, 1.82) is 0 Å². The number of halogens is 1. The topological polar surface area (TPSA) is 51.2 Å². The Morgan fingerprint density at radius 3 is 2.38 bits per heavy atom. The quantitative estimate of drug-likeness (QED) is 0.774. The lowest BCUT2D eigenvalue weighted by Gasteiger charge is -2.08. The number of aryl methyl sites for hydroxylation is 2. The first-order chi connectivity index (χ1) is 9.81. The van der Waals surface area contributed by atoms with Crippen LogP contribution in [0.2, 0.25) is 0 Å². The van der Waals surface area contributed by atoms with Crippen molar-refractivity contribution in [3.63, 3.8) is 0 Å². The van der Waals surface area contributed by atoms with Crippen molar-refractivity contribution in [1.82, 2.24) is 0 Å². The number of benzene rings is 2. The zero-order valence-electron chi connectivity index (χ0n) is 11.8. The van der Waals surface area contributed by atoms with Gasteiger partial charge in [-0.2, -0.15) is 0 Å². The number of ketones is 1. The Labute approximate surface area is 133 Å². The highest BCUT2D eigenvalue weighted by atomic mass is 79.9. The third-order valence-corrected chi connectivity index (χ3v) is 5.80. The first-order valence-electron chi connectivity index (χ1n) is 6.39. The minimum absolute atomic E-state index is 0.142. The molecule has 0 fully saturated rings. The second-order valence-corrected chi connectivity index (χ2v) is 7.74. The van der Waals surface area contributed by atoms with E-state index in [9.17, 15) is 13.2 Å². The number of hydrogen-bond donors (Lipinski definition) is 0. The molecule has 0 aromatic heterocycles. The summed E-state index contributed by atoms with van der Waals surface area (Å²) in [5.74, 6) is -0.914. The maximum atomic E-state index is 12.4. The third kappa shape index (κ3) is 3.60. The van der Waals surface area contributed by atoms with E-state index in [-0.39, 0.29) is 10.7 Å². The number of carbonyl (C=O) groups is 1. The highest BCUT2D eigenvalue weighted by molar-refractivity contribution is 9.10. The van der Waals surface area contributed by atoms with Gasteiger partial charge < -0.3 is 0 Å². The van der Waals surface area contributed by atoms with Gasteiger partial charge in [-0.1, -0.05) is 35.9 Å². The minimum atomic E-state index is -3.66. The fourth-order valence-electron chi connectivity index (χ4n) is 2.15. The van der Waals surface area contributed by atoms with Gasteiger partial charge in [-0.3, -0.25) is 4.79 Å². The van der Waals surface area contributed by atoms with Crippen LogP contribution in [-0.2, 0) is 9.84 Å². The van der Waals surface area contributed by atoms with Gasteiger partial charge in [-0.25, -0.2) is 8.42 Å². The number of sulfone groups is 1. The Morgan fingerprint density at radius 2 is 1.76 bits per heavy atom. The predicted octanol–water partition coefficient (Wildman–Crippen LogP) is 3.72. The lowest BCUT2D eigenvalue weighted by atomic mass is 10.0. The van der Waals surface area contributed by atoms with Crippen LogP contribution in [0.25, 0.3) is 0 Å². The molecule has 21 heavy (non-hydrogen) atoms. The molecule has 0 N–H and O–H groups in total. The molecule has 0 saturated heterocycles. The van der Waals surface area contributed by atoms with E-state index in [1.165, 1.54) is 6.07 Å². The van der Waals surface area contributed by atoms with Gasteiger partial charge in [0, 0.05) is 10.0 Å². The first kappa shape index (κ1) is 15.9.